The molecule has 0 spiro atoms. The maximum atomic E-state index is 13.1. The smallest absolute Gasteiger partial charge is 0.238 e. The largest absolute Gasteiger partial charge is 0.350 e. The summed E-state index contributed by atoms with van der Waals surface area (Å²) in [4.78, 5) is 16.8. The van der Waals surface area contributed by atoms with Crippen LogP contribution in [0, 0.1) is 13.8 Å². The van der Waals surface area contributed by atoms with Gasteiger partial charge in [0.1, 0.15) is 5.25 Å². The fourth-order valence-electron chi connectivity index (χ4n) is 3.34. The van der Waals surface area contributed by atoms with E-state index in [0.717, 1.165) is 31.4 Å². The van der Waals surface area contributed by atoms with Crippen LogP contribution in [0.3, 0.4) is 0 Å². The van der Waals surface area contributed by atoms with Crippen molar-refractivity contribution in [1.82, 2.24) is 14.9 Å². The molecule has 1 atom stereocenters. The second kappa shape index (κ2) is 7.09. The molecule has 1 fully saturated rings. The van der Waals surface area contributed by atoms with Crippen molar-refractivity contribution in [2.75, 3.05) is 0 Å². The molecule has 0 aliphatic heterocycles. The van der Waals surface area contributed by atoms with Crippen LogP contribution >= 0.6 is 0 Å². The van der Waals surface area contributed by atoms with Crippen molar-refractivity contribution in [3.05, 3.63) is 11.4 Å². The topological polar surface area (TPSA) is 81.1 Å². The monoisotopic (exact) mass is 369 g/mol. The molecule has 142 valence electrons. The number of rotatable bonds is 4. The minimum Gasteiger partial charge on any atom is -0.350 e. The van der Waals surface area contributed by atoms with Gasteiger partial charge >= 0.3 is 0 Å². The van der Waals surface area contributed by atoms with Crippen LogP contribution in [0.4, 0.5) is 0 Å². The van der Waals surface area contributed by atoms with Crippen LogP contribution in [0.25, 0.3) is 0 Å². The number of carbonyl (C=O) groups excluding carboxylic acids is 1. The Balaban J connectivity index is 2.42. The van der Waals surface area contributed by atoms with Crippen LogP contribution in [0.15, 0.2) is 5.16 Å². The van der Waals surface area contributed by atoms with Gasteiger partial charge in [-0.2, -0.15) is 0 Å². The van der Waals surface area contributed by atoms with Gasteiger partial charge < -0.3 is 9.88 Å². The summed E-state index contributed by atoms with van der Waals surface area (Å²) >= 11 is 0. The highest BCUT2D eigenvalue weighted by molar-refractivity contribution is 7.92. The van der Waals surface area contributed by atoms with E-state index in [9.17, 15) is 13.2 Å². The number of aryl methyl sites for hydroxylation is 1. The van der Waals surface area contributed by atoms with Crippen molar-refractivity contribution in [1.29, 1.82) is 0 Å². The Hall–Kier alpha value is -1.37. The predicted octanol–water partition coefficient (Wildman–Crippen LogP) is 3.08. The quantitative estimate of drug-likeness (QED) is 0.884. The van der Waals surface area contributed by atoms with E-state index in [1.807, 2.05) is 39.2 Å². The second-order valence-electron chi connectivity index (χ2n) is 8.15. The van der Waals surface area contributed by atoms with Gasteiger partial charge in [0.25, 0.3) is 0 Å². The Morgan fingerprint density at radius 1 is 1.20 bits per heavy atom. The molecule has 1 aromatic rings. The number of nitrogens with zero attached hydrogens (tertiary/aromatic N) is 2. The van der Waals surface area contributed by atoms with Crippen LogP contribution in [0.2, 0.25) is 0 Å². The zero-order valence-electron chi connectivity index (χ0n) is 16.2. The third-order valence-corrected chi connectivity index (χ3v) is 6.82. The van der Waals surface area contributed by atoms with E-state index in [-0.39, 0.29) is 11.2 Å². The number of aromatic nitrogens is 2. The summed E-state index contributed by atoms with van der Waals surface area (Å²) in [6.45, 7) is 10.7. The molecule has 1 aliphatic rings. The minimum absolute atomic E-state index is 0.0472. The molecule has 1 N–H and O–H groups in total. The first-order chi connectivity index (χ1) is 11.4. The number of sulfone groups is 1. The standard InChI is InChI=1S/C18H31N3O3S/c1-12-13(2)21(15-10-8-7-9-11-15)17(19-12)25(23,24)14(3)16(22)20-18(4,5)6/h14-15H,7-11H2,1-6H3,(H,20,22)/t14-/m0/s1. The molecule has 1 amide bonds. The zero-order chi connectivity index (χ0) is 19.0. The average molecular weight is 370 g/mol. The van der Waals surface area contributed by atoms with Gasteiger partial charge in [0, 0.05) is 17.3 Å². The van der Waals surface area contributed by atoms with Crippen molar-refractivity contribution in [3.8, 4) is 0 Å². The molecule has 0 radical (unpaired) electrons. The molecule has 6 nitrogen and oxygen atoms in total. The van der Waals surface area contributed by atoms with E-state index >= 15 is 0 Å². The Kier molecular flexibility index (Phi) is 5.66. The third kappa shape index (κ3) is 4.25. The van der Waals surface area contributed by atoms with Gasteiger partial charge in [-0.05, 0) is 54.4 Å². The van der Waals surface area contributed by atoms with E-state index in [0.29, 0.717) is 5.69 Å². The lowest BCUT2D eigenvalue weighted by molar-refractivity contribution is -0.121. The number of carbonyl (C=O) groups is 1. The van der Waals surface area contributed by atoms with Gasteiger partial charge in [0.2, 0.25) is 20.9 Å². The van der Waals surface area contributed by atoms with Crippen molar-refractivity contribution in [2.24, 2.45) is 0 Å². The van der Waals surface area contributed by atoms with Crippen molar-refractivity contribution >= 4 is 15.7 Å². The van der Waals surface area contributed by atoms with E-state index in [4.69, 9.17) is 0 Å². The van der Waals surface area contributed by atoms with Crippen molar-refractivity contribution < 1.29 is 13.2 Å². The first kappa shape index (κ1) is 19.9. The maximum Gasteiger partial charge on any atom is 0.238 e. The van der Waals surface area contributed by atoms with Crippen LogP contribution < -0.4 is 5.32 Å². The van der Waals surface area contributed by atoms with Crippen molar-refractivity contribution in [2.45, 2.75) is 95.6 Å². The summed E-state index contributed by atoms with van der Waals surface area (Å²) in [5.74, 6) is -0.485. The first-order valence-corrected chi connectivity index (χ1v) is 10.6. The summed E-state index contributed by atoms with van der Waals surface area (Å²) in [5, 5.41) is 1.64. The molecule has 1 saturated carbocycles. The molecule has 1 aromatic heterocycles. The molecule has 1 heterocycles. The van der Waals surface area contributed by atoms with Gasteiger partial charge in [0.15, 0.2) is 0 Å². The Labute approximate surface area is 151 Å². The van der Waals surface area contributed by atoms with Gasteiger partial charge in [-0.25, -0.2) is 13.4 Å². The van der Waals surface area contributed by atoms with Crippen LogP contribution in [0.1, 0.15) is 77.2 Å². The first-order valence-electron chi connectivity index (χ1n) is 9.06. The highest BCUT2D eigenvalue weighted by atomic mass is 32.2. The molecule has 0 aromatic carbocycles. The van der Waals surface area contributed by atoms with Crippen molar-refractivity contribution in [3.63, 3.8) is 0 Å². The lowest BCUT2D eigenvalue weighted by atomic mass is 9.95. The molecular formula is C18H31N3O3S. The fourth-order valence-corrected chi connectivity index (χ4v) is 4.82. The molecule has 1 aliphatic carbocycles. The highest BCUT2D eigenvalue weighted by Gasteiger charge is 2.37. The maximum absolute atomic E-state index is 13.1. The normalized spacial score (nSPS) is 18.2. The summed E-state index contributed by atoms with van der Waals surface area (Å²) in [7, 11) is -3.85. The molecule has 25 heavy (non-hydrogen) atoms. The van der Waals surface area contributed by atoms with Gasteiger partial charge in [-0.15, -0.1) is 0 Å². The van der Waals surface area contributed by atoms with Gasteiger partial charge in [-0.3, -0.25) is 4.79 Å². The molecule has 0 bridgehead atoms. The Bertz CT molecular complexity index is 738. The van der Waals surface area contributed by atoms with E-state index in [1.165, 1.54) is 13.3 Å². The molecule has 0 unspecified atom stereocenters. The summed E-state index contributed by atoms with van der Waals surface area (Å²) in [6, 6.07) is 0.151. The number of imidazole rings is 1. The van der Waals surface area contributed by atoms with Crippen LogP contribution in [-0.4, -0.2) is 34.7 Å². The van der Waals surface area contributed by atoms with E-state index in [1.54, 1.807) is 0 Å². The number of hydrogen-bond donors (Lipinski definition) is 1. The molecule has 2 rings (SSSR count). The lowest BCUT2D eigenvalue weighted by Crippen LogP contribution is -2.47. The van der Waals surface area contributed by atoms with Gasteiger partial charge in [-0.1, -0.05) is 19.3 Å². The predicted molar refractivity (Wildman–Crippen MR) is 98.4 cm³/mol. The second-order valence-corrected chi connectivity index (χ2v) is 10.3. The Morgan fingerprint density at radius 3 is 2.28 bits per heavy atom. The summed E-state index contributed by atoms with van der Waals surface area (Å²) < 4.78 is 28.2. The zero-order valence-corrected chi connectivity index (χ0v) is 17.0. The highest BCUT2D eigenvalue weighted by Crippen LogP contribution is 2.33. The third-order valence-electron chi connectivity index (χ3n) is 4.88. The SMILES string of the molecule is Cc1nc(S(=O)(=O)[C@@H](C)C(=O)NC(C)(C)C)n(C2CCCCC2)c1C. The van der Waals surface area contributed by atoms with Crippen LogP contribution in [-0.2, 0) is 14.6 Å². The van der Waals surface area contributed by atoms with E-state index in [2.05, 4.69) is 10.3 Å². The fraction of sp³-hybridized carbons (Fsp3) is 0.778. The summed E-state index contributed by atoms with van der Waals surface area (Å²) in [6.07, 6.45) is 5.31. The average Bonchev–Trinajstić information content (AvgIpc) is 2.82. The van der Waals surface area contributed by atoms with Crippen LogP contribution in [0.5, 0.6) is 0 Å². The molecule has 7 heteroatoms. The minimum atomic E-state index is -3.85. The lowest BCUT2D eigenvalue weighted by Gasteiger charge is -2.27. The number of amides is 1. The van der Waals surface area contributed by atoms with E-state index < -0.39 is 26.5 Å². The van der Waals surface area contributed by atoms with Gasteiger partial charge in [0.05, 0.1) is 5.69 Å². The summed E-state index contributed by atoms with van der Waals surface area (Å²) in [5.41, 5.74) is 1.12. The molecular weight excluding hydrogens is 338 g/mol. The Morgan fingerprint density at radius 2 is 1.76 bits per heavy atom. The number of hydrogen-bond acceptors (Lipinski definition) is 4. The molecule has 0 saturated heterocycles. The number of nitrogens with one attached hydrogen (secondary N) is 1.